The first-order chi connectivity index (χ1) is 27.8. The van der Waals surface area contributed by atoms with Gasteiger partial charge < -0.3 is 4.57 Å². The average molecular weight is 729 g/mol. The summed E-state index contributed by atoms with van der Waals surface area (Å²) in [4.78, 5) is 5.32. The van der Waals surface area contributed by atoms with Crippen molar-refractivity contribution in [1.29, 1.82) is 0 Å². The number of nitrogens with zero attached hydrogens (tertiary/aromatic N) is 2. The van der Waals surface area contributed by atoms with E-state index in [0.717, 1.165) is 33.8 Å². The highest BCUT2D eigenvalue weighted by molar-refractivity contribution is 7.27. The van der Waals surface area contributed by atoms with Gasteiger partial charge in [-0.1, -0.05) is 158 Å². The Hall–Kier alpha value is -7.07. The van der Waals surface area contributed by atoms with Crippen LogP contribution in [0, 0.1) is 0 Å². The van der Waals surface area contributed by atoms with Gasteiger partial charge in [-0.15, -0.1) is 11.3 Å². The summed E-state index contributed by atoms with van der Waals surface area (Å²) in [7, 11) is 0. The third-order valence-electron chi connectivity index (χ3n) is 11.5. The molecule has 0 bridgehead atoms. The molecule has 0 fully saturated rings. The molecule has 2 nitrogen and oxygen atoms in total. The lowest BCUT2D eigenvalue weighted by atomic mass is 9.89. The molecule has 56 heavy (non-hydrogen) atoms. The van der Waals surface area contributed by atoms with E-state index in [1.807, 2.05) is 11.3 Å². The fraction of sp³-hybridized carbons (Fsp3) is 0. The van der Waals surface area contributed by atoms with Crippen molar-refractivity contribution in [2.45, 2.75) is 0 Å². The standard InChI is InChI=1S/C53H32N2S/c1-3-16-33(17-4-1)36-31-44(34-18-5-2-6-19-34)54-45(32-36)35-20-15-21-37(30-35)55-46-28-13-11-26-42(46)50-48-40-24-9-7-22-38(40)39-23-8-10-25-41(39)49(48)51-43-27-12-14-29-47(43)56-53(51)52(50)55/h1-32H. The first-order valence-electron chi connectivity index (χ1n) is 19.1. The van der Waals surface area contributed by atoms with Crippen LogP contribution in [0.3, 0.4) is 0 Å². The lowest BCUT2D eigenvalue weighted by molar-refractivity contribution is 1.19. The van der Waals surface area contributed by atoms with Crippen LogP contribution in [0.4, 0.5) is 0 Å². The predicted octanol–water partition coefficient (Wildman–Crippen LogP) is 15.0. The number of fused-ring (bicyclic) bond motifs is 15. The Morgan fingerprint density at radius 3 is 1.61 bits per heavy atom. The Kier molecular flexibility index (Phi) is 6.83. The number of thiophene rings is 1. The van der Waals surface area contributed by atoms with Crippen molar-refractivity contribution in [2.75, 3.05) is 0 Å². The Bertz CT molecular complexity index is 3460. The van der Waals surface area contributed by atoms with Gasteiger partial charge in [-0.3, -0.25) is 0 Å². The number of hydrogen-bond acceptors (Lipinski definition) is 2. The smallest absolute Gasteiger partial charge is 0.0726 e. The maximum absolute atomic E-state index is 5.32. The minimum atomic E-state index is 0.947. The van der Waals surface area contributed by atoms with Crippen LogP contribution >= 0.6 is 11.3 Å². The maximum Gasteiger partial charge on any atom is 0.0726 e. The molecular formula is C53H32N2S. The van der Waals surface area contributed by atoms with E-state index >= 15 is 0 Å². The summed E-state index contributed by atoms with van der Waals surface area (Å²) in [6, 6.07) is 70.5. The van der Waals surface area contributed by atoms with Crippen LogP contribution in [0.1, 0.15) is 0 Å². The zero-order valence-corrected chi connectivity index (χ0v) is 31.1. The summed E-state index contributed by atoms with van der Waals surface area (Å²) in [5, 5.41) is 13.0. The molecule has 0 N–H and O–H groups in total. The second-order valence-electron chi connectivity index (χ2n) is 14.6. The third-order valence-corrected chi connectivity index (χ3v) is 12.7. The van der Waals surface area contributed by atoms with Crippen LogP contribution in [0.5, 0.6) is 0 Å². The van der Waals surface area contributed by atoms with Gasteiger partial charge in [0.25, 0.3) is 0 Å². The molecule has 9 aromatic carbocycles. The number of aromatic nitrogens is 2. The lowest BCUT2D eigenvalue weighted by Crippen LogP contribution is -1.96. The molecule has 12 rings (SSSR count). The van der Waals surface area contributed by atoms with Gasteiger partial charge in [0.2, 0.25) is 0 Å². The maximum atomic E-state index is 5.32. The highest BCUT2D eigenvalue weighted by Crippen LogP contribution is 2.51. The van der Waals surface area contributed by atoms with Crippen molar-refractivity contribution >= 4 is 85.6 Å². The summed E-state index contributed by atoms with van der Waals surface area (Å²) in [5.74, 6) is 0. The summed E-state index contributed by atoms with van der Waals surface area (Å²) < 4.78 is 5.13. The van der Waals surface area contributed by atoms with Crippen LogP contribution < -0.4 is 0 Å². The molecule has 0 saturated carbocycles. The fourth-order valence-electron chi connectivity index (χ4n) is 9.13. The third kappa shape index (κ3) is 4.59. The van der Waals surface area contributed by atoms with Gasteiger partial charge in [-0.25, -0.2) is 4.98 Å². The monoisotopic (exact) mass is 728 g/mol. The molecule has 0 aliphatic rings. The van der Waals surface area contributed by atoms with Crippen LogP contribution in [0.25, 0.3) is 114 Å². The van der Waals surface area contributed by atoms with Gasteiger partial charge in [0.05, 0.1) is 27.1 Å². The van der Waals surface area contributed by atoms with Crippen molar-refractivity contribution in [1.82, 2.24) is 9.55 Å². The summed E-state index contributed by atoms with van der Waals surface area (Å²) in [6.07, 6.45) is 0. The molecule has 0 atom stereocenters. The number of pyridine rings is 1. The number of rotatable bonds is 4. The van der Waals surface area contributed by atoms with Crippen molar-refractivity contribution in [3.8, 4) is 39.3 Å². The van der Waals surface area contributed by atoms with Gasteiger partial charge >= 0.3 is 0 Å². The van der Waals surface area contributed by atoms with E-state index in [2.05, 4.69) is 199 Å². The molecule has 0 aliphatic carbocycles. The van der Waals surface area contributed by atoms with Crippen molar-refractivity contribution in [2.24, 2.45) is 0 Å². The van der Waals surface area contributed by atoms with E-state index in [-0.39, 0.29) is 0 Å². The van der Waals surface area contributed by atoms with Gasteiger partial charge in [-0.2, -0.15) is 0 Å². The molecule has 12 aromatic rings. The average Bonchev–Trinajstić information content (AvgIpc) is 3.84. The highest BCUT2D eigenvalue weighted by Gasteiger charge is 2.25. The molecular weight excluding hydrogens is 697 g/mol. The normalized spacial score (nSPS) is 11.9. The molecule has 0 saturated heterocycles. The lowest BCUT2D eigenvalue weighted by Gasteiger charge is -2.15. The van der Waals surface area contributed by atoms with Gasteiger partial charge in [0.15, 0.2) is 0 Å². The second-order valence-corrected chi connectivity index (χ2v) is 15.7. The van der Waals surface area contributed by atoms with Gasteiger partial charge in [0, 0.05) is 53.8 Å². The molecule has 0 spiro atoms. The van der Waals surface area contributed by atoms with Crippen LogP contribution in [-0.2, 0) is 0 Å². The van der Waals surface area contributed by atoms with E-state index in [1.54, 1.807) is 0 Å². The minimum Gasteiger partial charge on any atom is -0.308 e. The summed E-state index contributed by atoms with van der Waals surface area (Å²) in [6.45, 7) is 0. The Morgan fingerprint density at radius 2 is 0.893 bits per heavy atom. The second kappa shape index (κ2) is 12.2. The Balaban J connectivity index is 1.22. The molecule has 0 unspecified atom stereocenters. The minimum absolute atomic E-state index is 0.947. The number of benzene rings is 9. The molecule has 260 valence electrons. The van der Waals surface area contributed by atoms with E-state index in [0.29, 0.717) is 0 Å². The molecule has 3 heterocycles. The molecule has 0 aliphatic heterocycles. The van der Waals surface area contributed by atoms with Crippen molar-refractivity contribution < 1.29 is 0 Å². The number of hydrogen-bond donors (Lipinski definition) is 0. The van der Waals surface area contributed by atoms with E-state index in [1.165, 1.54) is 79.9 Å². The van der Waals surface area contributed by atoms with Crippen LogP contribution in [0.15, 0.2) is 194 Å². The fourth-order valence-corrected chi connectivity index (χ4v) is 10.4. The quantitative estimate of drug-likeness (QED) is 0.165. The molecule has 3 aromatic heterocycles. The SMILES string of the molecule is c1ccc(-c2cc(-c3ccccc3)nc(-c3cccc(-n4c5ccccc5c5c6c7ccccc7c7ccccc7c6c6c7ccccc7sc6c54)c3)c2)cc1. The topological polar surface area (TPSA) is 17.8 Å². The summed E-state index contributed by atoms with van der Waals surface area (Å²) in [5.41, 5.74) is 9.97. The van der Waals surface area contributed by atoms with E-state index < -0.39 is 0 Å². The summed E-state index contributed by atoms with van der Waals surface area (Å²) >= 11 is 1.91. The van der Waals surface area contributed by atoms with E-state index in [4.69, 9.17) is 4.98 Å². The first-order valence-corrected chi connectivity index (χ1v) is 19.9. The molecule has 3 heteroatoms. The zero-order valence-electron chi connectivity index (χ0n) is 30.3. The Morgan fingerprint density at radius 1 is 0.357 bits per heavy atom. The van der Waals surface area contributed by atoms with Gasteiger partial charge in [0.1, 0.15) is 0 Å². The van der Waals surface area contributed by atoms with Crippen molar-refractivity contribution in [3.05, 3.63) is 194 Å². The molecule has 0 amide bonds. The van der Waals surface area contributed by atoms with Crippen molar-refractivity contribution in [3.63, 3.8) is 0 Å². The largest absolute Gasteiger partial charge is 0.308 e. The van der Waals surface area contributed by atoms with Crippen LogP contribution in [0.2, 0.25) is 0 Å². The van der Waals surface area contributed by atoms with Gasteiger partial charge in [-0.05, 0) is 69.1 Å². The highest BCUT2D eigenvalue weighted by atomic mass is 32.1. The first kappa shape index (κ1) is 31.3. The van der Waals surface area contributed by atoms with Crippen LogP contribution in [-0.4, -0.2) is 9.55 Å². The molecule has 0 radical (unpaired) electrons. The number of para-hydroxylation sites is 1. The predicted molar refractivity (Wildman–Crippen MR) is 240 cm³/mol. The Labute approximate surface area is 327 Å². The zero-order chi connectivity index (χ0) is 36.7. The van der Waals surface area contributed by atoms with E-state index in [9.17, 15) is 0 Å².